The predicted molar refractivity (Wildman–Crippen MR) is 110 cm³/mol. The molecular weight excluding hydrogens is 371 g/mol. The molecule has 0 atom stereocenters. The van der Waals surface area contributed by atoms with E-state index in [0.29, 0.717) is 5.56 Å². The van der Waals surface area contributed by atoms with Crippen LogP contribution in [0.3, 0.4) is 0 Å². The summed E-state index contributed by atoms with van der Waals surface area (Å²) in [6, 6.07) is 17.1. The van der Waals surface area contributed by atoms with E-state index >= 15 is 0 Å². The number of halogens is 1. The maximum absolute atomic E-state index is 14.1. The zero-order chi connectivity index (χ0) is 20.5. The molecule has 0 amide bonds. The van der Waals surface area contributed by atoms with Crippen LogP contribution in [0.5, 0.6) is 0 Å². The van der Waals surface area contributed by atoms with Crippen molar-refractivity contribution in [1.29, 1.82) is 0 Å². The second-order valence-corrected chi connectivity index (χ2v) is 6.93. The fourth-order valence-electron chi connectivity index (χ4n) is 3.75. The SMILES string of the molecule is Cc1c(-c2ccc(=O)n(Cc3ccccc3F)c2)c2ccccc2n1CC(=O)O. The second-order valence-electron chi connectivity index (χ2n) is 6.93. The lowest BCUT2D eigenvalue weighted by Gasteiger charge is -2.10. The summed E-state index contributed by atoms with van der Waals surface area (Å²) < 4.78 is 17.3. The van der Waals surface area contributed by atoms with Crippen LogP contribution in [-0.2, 0) is 17.9 Å². The fourth-order valence-corrected chi connectivity index (χ4v) is 3.75. The summed E-state index contributed by atoms with van der Waals surface area (Å²) >= 11 is 0. The average Bonchev–Trinajstić information content (AvgIpc) is 2.97. The molecule has 1 N–H and O–H groups in total. The largest absolute Gasteiger partial charge is 0.480 e. The smallest absolute Gasteiger partial charge is 0.323 e. The highest BCUT2D eigenvalue weighted by Crippen LogP contribution is 2.34. The minimum absolute atomic E-state index is 0.117. The molecule has 0 aliphatic carbocycles. The minimum atomic E-state index is -0.926. The number of carboxylic acid groups (broad SMARTS) is 1. The van der Waals surface area contributed by atoms with Crippen LogP contribution >= 0.6 is 0 Å². The van der Waals surface area contributed by atoms with Gasteiger partial charge in [-0.1, -0.05) is 36.4 Å². The van der Waals surface area contributed by atoms with Crippen molar-refractivity contribution in [2.24, 2.45) is 0 Å². The van der Waals surface area contributed by atoms with Crippen molar-refractivity contribution in [2.75, 3.05) is 0 Å². The van der Waals surface area contributed by atoms with E-state index in [1.54, 1.807) is 35.0 Å². The van der Waals surface area contributed by atoms with E-state index in [9.17, 15) is 19.1 Å². The fraction of sp³-hybridized carbons (Fsp3) is 0.130. The first kappa shape index (κ1) is 18.7. The first-order valence-electron chi connectivity index (χ1n) is 9.19. The second kappa shape index (κ2) is 7.39. The molecule has 0 bridgehead atoms. The van der Waals surface area contributed by atoms with Gasteiger partial charge < -0.3 is 14.2 Å². The zero-order valence-corrected chi connectivity index (χ0v) is 15.8. The monoisotopic (exact) mass is 390 g/mol. The predicted octanol–water partition coefficient (Wildman–Crippen LogP) is 4.05. The number of benzene rings is 2. The van der Waals surface area contributed by atoms with Crippen molar-refractivity contribution in [1.82, 2.24) is 9.13 Å². The molecule has 0 saturated carbocycles. The number of aromatic nitrogens is 2. The number of para-hydroxylation sites is 1. The summed E-state index contributed by atoms with van der Waals surface area (Å²) in [6.07, 6.45) is 1.70. The molecule has 4 rings (SSSR count). The summed E-state index contributed by atoms with van der Waals surface area (Å²) in [5, 5.41) is 10.2. The van der Waals surface area contributed by atoms with Gasteiger partial charge in [0.25, 0.3) is 5.56 Å². The Kier molecular flexibility index (Phi) is 4.76. The molecule has 0 unspecified atom stereocenters. The van der Waals surface area contributed by atoms with Gasteiger partial charge >= 0.3 is 5.97 Å². The summed E-state index contributed by atoms with van der Waals surface area (Å²) in [7, 11) is 0. The van der Waals surface area contributed by atoms with Crippen molar-refractivity contribution in [3.63, 3.8) is 0 Å². The zero-order valence-electron chi connectivity index (χ0n) is 15.8. The number of pyridine rings is 1. The molecule has 2 aromatic heterocycles. The Morgan fingerprint density at radius 2 is 1.76 bits per heavy atom. The third-order valence-electron chi connectivity index (χ3n) is 5.09. The van der Waals surface area contributed by atoms with Crippen LogP contribution in [0.25, 0.3) is 22.0 Å². The van der Waals surface area contributed by atoms with Gasteiger partial charge in [-0.05, 0) is 25.1 Å². The highest BCUT2D eigenvalue weighted by molar-refractivity contribution is 5.98. The van der Waals surface area contributed by atoms with E-state index in [2.05, 4.69) is 0 Å². The number of nitrogens with zero attached hydrogens (tertiary/aromatic N) is 2. The number of carboxylic acids is 1. The van der Waals surface area contributed by atoms with E-state index in [1.807, 2.05) is 31.2 Å². The molecule has 0 spiro atoms. The van der Waals surface area contributed by atoms with Crippen molar-refractivity contribution in [2.45, 2.75) is 20.0 Å². The maximum Gasteiger partial charge on any atom is 0.323 e. The lowest BCUT2D eigenvalue weighted by molar-refractivity contribution is -0.137. The molecular formula is C23H19FN2O3. The van der Waals surface area contributed by atoms with E-state index in [4.69, 9.17) is 0 Å². The number of aliphatic carboxylic acids is 1. The molecule has 146 valence electrons. The normalized spacial score (nSPS) is 11.1. The quantitative estimate of drug-likeness (QED) is 0.559. The molecule has 6 heteroatoms. The molecule has 0 aliphatic heterocycles. The van der Waals surface area contributed by atoms with Crippen LogP contribution in [0, 0.1) is 12.7 Å². The maximum atomic E-state index is 14.1. The molecule has 29 heavy (non-hydrogen) atoms. The van der Waals surface area contributed by atoms with E-state index in [1.165, 1.54) is 16.7 Å². The van der Waals surface area contributed by atoms with Gasteiger partial charge in [-0.25, -0.2) is 4.39 Å². The van der Waals surface area contributed by atoms with Gasteiger partial charge in [0, 0.05) is 45.6 Å². The van der Waals surface area contributed by atoms with Crippen LogP contribution < -0.4 is 5.56 Å². The van der Waals surface area contributed by atoms with Crippen LogP contribution in [-0.4, -0.2) is 20.2 Å². The molecule has 4 aromatic rings. The standard InChI is InChI=1S/C23H19FN2O3/c1-15-23(18-7-3-5-9-20(18)26(15)14-22(28)29)17-10-11-21(27)25(13-17)12-16-6-2-4-8-19(16)24/h2-11,13H,12,14H2,1H3,(H,28,29). The molecule has 0 aliphatic rings. The highest BCUT2D eigenvalue weighted by atomic mass is 19.1. The minimum Gasteiger partial charge on any atom is -0.480 e. The number of carbonyl (C=O) groups is 1. The van der Waals surface area contributed by atoms with Crippen molar-refractivity contribution in [3.8, 4) is 11.1 Å². The first-order chi connectivity index (χ1) is 14.0. The van der Waals surface area contributed by atoms with E-state index in [0.717, 1.165) is 27.7 Å². The van der Waals surface area contributed by atoms with E-state index < -0.39 is 5.97 Å². The Bertz CT molecular complexity index is 1290. The Balaban J connectivity index is 1.87. The molecule has 0 radical (unpaired) electrons. The number of fused-ring (bicyclic) bond motifs is 1. The summed E-state index contributed by atoms with van der Waals surface area (Å²) in [4.78, 5) is 23.7. The van der Waals surface area contributed by atoms with Crippen molar-refractivity contribution in [3.05, 3.63) is 94.3 Å². The van der Waals surface area contributed by atoms with Gasteiger partial charge in [0.05, 0.1) is 6.54 Å². The Labute approximate surface area is 166 Å². The number of hydrogen-bond acceptors (Lipinski definition) is 2. The van der Waals surface area contributed by atoms with Crippen molar-refractivity contribution < 1.29 is 14.3 Å². The van der Waals surface area contributed by atoms with Crippen LogP contribution in [0.4, 0.5) is 4.39 Å². The Morgan fingerprint density at radius 3 is 2.52 bits per heavy atom. The first-order valence-corrected chi connectivity index (χ1v) is 9.19. The topological polar surface area (TPSA) is 64.2 Å². The van der Waals surface area contributed by atoms with Gasteiger partial charge in [-0.2, -0.15) is 0 Å². The summed E-state index contributed by atoms with van der Waals surface area (Å²) in [6.45, 7) is 1.83. The van der Waals surface area contributed by atoms with Crippen molar-refractivity contribution >= 4 is 16.9 Å². The van der Waals surface area contributed by atoms with Gasteiger partial charge in [-0.15, -0.1) is 0 Å². The number of hydrogen-bond donors (Lipinski definition) is 1. The Hall–Kier alpha value is -3.67. The van der Waals surface area contributed by atoms with Gasteiger partial charge in [-0.3, -0.25) is 9.59 Å². The van der Waals surface area contributed by atoms with Gasteiger partial charge in [0.2, 0.25) is 0 Å². The lowest BCUT2D eigenvalue weighted by atomic mass is 10.0. The third-order valence-corrected chi connectivity index (χ3v) is 5.09. The number of rotatable bonds is 5. The molecule has 0 saturated heterocycles. The molecule has 5 nitrogen and oxygen atoms in total. The van der Waals surface area contributed by atoms with Crippen LogP contribution in [0.2, 0.25) is 0 Å². The third kappa shape index (κ3) is 3.45. The Morgan fingerprint density at radius 1 is 1.03 bits per heavy atom. The molecule has 2 aromatic carbocycles. The van der Waals surface area contributed by atoms with Crippen LogP contribution in [0.15, 0.2) is 71.7 Å². The average molecular weight is 390 g/mol. The molecule has 2 heterocycles. The molecule has 0 fully saturated rings. The van der Waals surface area contributed by atoms with Gasteiger partial charge in [0.1, 0.15) is 12.4 Å². The highest BCUT2D eigenvalue weighted by Gasteiger charge is 2.17. The summed E-state index contributed by atoms with van der Waals surface area (Å²) in [5.41, 5.74) is 3.45. The van der Waals surface area contributed by atoms with Gasteiger partial charge in [0.15, 0.2) is 0 Å². The van der Waals surface area contributed by atoms with Crippen LogP contribution in [0.1, 0.15) is 11.3 Å². The lowest BCUT2D eigenvalue weighted by Crippen LogP contribution is -2.19. The van der Waals surface area contributed by atoms with E-state index in [-0.39, 0.29) is 24.5 Å². The summed E-state index contributed by atoms with van der Waals surface area (Å²) in [5.74, 6) is -1.29.